The Morgan fingerprint density at radius 1 is 1.00 bits per heavy atom. The first kappa shape index (κ1) is 15.3. The Labute approximate surface area is 119 Å². The molecule has 0 bridgehead atoms. The SMILES string of the molecule is O=C(O)CC1(CC(=O)NCC2(CCO)CC2)CCCC1. The number of aliphatic hydroxyl groups is 1. The number of carboxylic acids is 1. The van der Waals surface area contributed by atoms with Gasteiger partial charge in [-0.1, -0.05) is 12.8 Å². The van der Waals surface area contributed by atoms with Gasteiger partial charge >= 0.3 is 5.97 Å². The van der Waals surface area contributed by atoms with Crippen molar-refractivity contribution in [2.45, 2.75) is 57.8 Å². The van der Waals surface area contributed by atoms with E-state index in [2.05, 4.69) is 5.32 Å². The van der Waals surface area contributed by atoms with Crippen LogP contribution in [0.4, 0.5) is 0 Å². The second-order valence-electron chi connectivity index (χ2n) is 6.70. The zero-order valence-electron chi connectivity index (χ0n) is 12.0. The van der Waals surface area contributed by atoms with Crippen LogP contribution in [0, 0.1) is 10.8 Å². The summed E-state index contributed by atoms with van der Waals surface area (Å²) in [6.45, 7) is 0.786. The molecule has 2 aliphatic carbocycles. The lowest BCUT2D eigenvalue weighted by atomic mass is 9.79. The minimum Gasteiger partial charge on any atom is -0.481 e. The average molecular weight is 283 g/mol. The fourth-order valence-corrected chi connectivity index (χ4v) is 3.48. The van der Waals surface area contributed by atoms with E-state index in [-0.39, 0.29) is 29.8 Å². The Balaban J connectivity index is 1.81. The van der Waals surface area contributed by atoms with Gasteiger partial charge in [0, 0.05) is 19.6 Å². The van der Waals surface area contributed by atoms with E-state index in [1.807, 2.05) is 0 Å². The van der Waals surface area contributed by atoms with Gasteiger partial charge in [0.25, 0.3) is 0 Å². The third kappa shape index (κ3) is 3.95. The predicted octanol–water partition coefficient (Wildman–Crippen LogP) is 1.69. The molecule has 5 heteroatoms. The molecule has 0 saturated heterocycles. The molecule has 0 radical (unpaired) electrons. The molecule has 0 aromatic carbocycles. The van der Waals surface area contributed by atoms with Crippen molar-refractivity contribution in [1.82, 2.24) is 5.32 Å². The molecule has 0 heterocycles. The topological polar surface area (TPSA) is 86.6 Å². The van der Waals surface area contributed by atoms with E-state index in [4.69, 9.17) is 10.2 Å². The summed E-state index contributed by atoms with van der Waals surface area (Å²) in [6, 6.07) is 0. The molecule has 3 N–H and O–H groups in total. The summed E-state index contributed by atoms with van der Waals surface area (Å²) < 4.78 is 0. The maximum atomic E-state index is 12.1. The van der Waals surface area contributed by atoms with Crippen molar-refractivity contribution in [3.05, 3.63) is 0 Å². The number of aliphatic hydroxyl groups excluding tert-OH is 1. The number of hydrogen-bond acceptors (Lipinski definition) is 3. The summed E-state index contributed by atoms with van der Waals surface area (Å²) in [5.41, 5.74) is -0.219. The highest BCUT2D eigenvalue weighted by Gasteiger charge is 2.43. The molecule has 0 aromatic rings. The third-order valence-corrected chi connectivity index (χ3v) is 4.99. The van der Waals surface area contributed by atoms with Crippen LogP contribution >= 0.6 is 0 Å². The van der Waals surface area contributed by atoms with Crippen LogP contribution < -0.4 is 5.32 Å². The number of nitrogens with one attached hydrogen (secondary N) is 1. The summed E-state index contributed by atoms with van der Waals surface area (Å²) in [7, 11) is 0. The van der Waals surface area contributed by atoms with E-state index in [0.717, 1.165) is 44.9 Å². The van der Waals surface area contributed by atoms with Gasteiger partial charge in [0.2, 0.25) is 5.91 Å². The van der Waals surface area contributed by atoms with Gasteiger partial charge in [-0.15, -0.1) is 0 Å². The smallest absolute Gasteiger partial charge is 0.303 e. The van der Waals surface area contributed by atoms with Crippen LogP contribution in [0.25, 0.3) is 0 Å². The number of rotatable bonds is 8. The predicted molar refractivity (Wildman–Crippen MR) is 74.2 cm³/mol. The largest absolute Gasteiger partial charge is 0.481 e. The van der Waals surface area contributed by atoms with E-state index in [1.165, 1.54) is 0 Å². The molecule has 2 saturated carbocycles. The molecule has 0 unspecified atom stereocenters. The van der Waals surface area contributed by atoms with Crippen molar-refractivity contribution >= 4 is 11.9 Å². The molecule has 2 aliphatic rings. The molecule has 2 rings (SSSR count). The Hall–Kier alpha value is -1.10. The van der Waals surface area contributed by atoms with Crippen LogP contribution in [0.2, 0.25) is 0 Å². The monoisotopic (exact) mass is 283 g/mol. The zero-order valence-corrected chi connectivity index (χ0v) is 12.0. The molecule has 0 spiro atoms. The van der Waals surface area contributed by atoms with E-state index in [0.29, 0.717) is 13.0 Å². The van der Waals surface area contributed by atoms with Crippen molar-refractivity contribution in [1.29, 1.82) is 0 Å². The van der Waals surface area contributed by atoms with Gasteiger partial charge in [0.1, 0.15) is 0 Å². The van der Waals surface area contributed by atoms with Crippen LogP contribution in [0.1, 0.15) is 57.8 Å². The number of carbonyl (C=O) groups excluding carboxylic acids is 1. The summed E-state index contributed by atoms with van der Waals surface area (Å²) in [4.78, 5) is 23.1. The molecule has 5 nitrogen and oxygen atoms in total. The number of aliphatic carboxylic acids is 1. The van der Waals surface area contributed by atoms with Gasteiger partial charge < -0.3 is 15.5 Å². The fraction of sp³-hybridized carbons (Fsp3) is 0.867. The third-order valence-electron chi connectivity index (χ3n) is 4.99. The van der Waals surface area contributed by atoms with Crippen molar-refractivity contribution in [3.8, 4) is 0 Å². The van der Waals surface area contributed by atoms with Crippen molar-refractivity contribution < 1.29 is 19.8 Å². The Kier molecular flexibility index (Phi) is 4.68. The lowest BCUT2D eigenvalue weighted by molar-refractivity contribution is -0.140. The standard InChI is InChI=1S/C15H25NO4/c17-8-7-14(5-6-14)11-16-12(18)9-15(10-13(19)20)3-1-2-4-15/h17H,1-11H2,(H,16,18)(H,19,20). The first-order valence-electron chi connectivity index (χ1n) is 7.59. The van der Waals surface area contributed by atoms with Crippen LogP contribution in [0.5, 0.6) is 0 Å². The van der Waals surface area contributed by atoms with E-state index in [9.17, 15) is 9.59 Å². The first-order valence-corrected chi connectivity index (χ1v) is 7.59. The molecule has 0 aliphatic heterocycles. The van der Waals surface area contributed by atoms with Gasteiger partial charge in [0.15, 0.2) is 0 Å². The maximum absolute atomic E-state index is 12.1. The first-order chi connectivity index (χ1) is 9.49. The van der Waals surface area contributed by atoms with E-state index < -0.39 is 5.97 Å². The molecular formula is C15H25NO4. The van der Waals surface area contributed by atoms with Crippen molar-refractivity contribution in [2.75, 3.05) is 13.2 Å². The van der Waals surface area contributed by atoms with Crippen molar-refractivity contribution in [3.63, 3.8) is 0 Å². The van der Waals surface area contributed by atoms with Gasteiger partial charge in [-0.2, -0.15) is 0 Å². The second-order valence-corrected chi connectivity index (χ2v) is 6.70. The molecule has 2 fully saturated rings. The number of carbonyl (C=O) groups is 2. The summed E-state index contributed by atoms with van der Waals surface area (Å²) in [6.07, 6.45) is 7.03. The zero-order chi connectivity index (χ0) is 14.6. The van der Waals surface area contributed by atoms with Crippen LogP contribution in [-0.4, -0.2) is 35.2 Å². The van der Waals surface area contributed by atoms with Crippen molar-refractivity contribution in [2.24, 2.45) is 10.8 Å². The summed E-state index contributed by atoms with van der Waals surface area (Å²) in [5.74, 6) is -0.837. The van der Waals surface area contributed by atoms with Crippen LogP contribution in [0.15, 0.2) is 0 Å². The Morgan fingerprint density at radius 2 is 1.65 bits per heavy atom. The molecule has 20 heavy (non-hydrogen) atoms. The molecule has 114 valence electrons. The molecule has 1 amide bonds. The number of hydrogen-bond donors (Lipinski definition) is 3. The minimum atomic E-state index is -0.807. The van der Waals surface area contributed by atoms with Gasteiger partial charge in [-0.25, -0.2) is 0 Å². The highest BCUT2D eigenvalue weighted by Crippen LogP contribution is 2.48. The fourth-order valence-electron chi connectivity index (χ4n) is 3.48. The van der Waals surface area contributed by atoms with Gasteiger partial charge in [-0.3, -0.25) is 9.59 Å². The lowest BCUT2D eigenvalue weighted by Gasteiger charge is -2.27. The van der Waals surface area contributed by atoms with E-state index in [1.54, 1.807) is 0 Å². The lowest BCUT2D eigenvalue weighted by Crippen LogP contribution is -2.35. The van der Waals surface area contributed by atoms with Gasteiger partial charge in [-0.05, 0) is 42.9 Å². The summed E-state index contributed by atoms with van der Waals surface area (Å²) >= 11 is 0. The van der Waals surface area contributed by atoms with E-state index >= 15 is 0 Å². The molecule has 0 atom stereocenters. The highest BCUT2D eigenvalue weighted by atomic mass is 16.4. The number of amides is 1. The quantitative estimate of drug-likeness (QED) is 0.632. The molecular weight excluding hydrogens is 258 g/mol. The number of carboxylic acid groups (broad SMARTS) is 1. The Bertz CT molecular complexity index is 370. The normalized spacial score (nSPS) is 22.4. The minimum absolute atomic E-state index is 0.0302. The summed E-state index contributed by atoms with van der Waals surface area (Å²) in [5, 5.41) is 21.0. The Morgan fingerprint density at radius 3 is 2.15 bits per heavy atom. The van der Waals surface area contributed by atoms with Crippen LogP contribution in [-0.2, 0) is 9.59 Å². The highest BCUT2D eigenvalue weighted by molar-refractivity contribution is 5.78. The maximum Gasteiger partial charge on any atom is 0.303 e. The van der Waals surface area contributed by atoms with Gasteiger partial charge in [0.05, 0.1) is 6.42 Å². The second kappa shape index (κ2) is 6.12. The van der Waals surface area contributed by atoms with Crippen LogP contribution in [0.3, 0.4) is 0 Å². The molecule has 0 aromatic heterocycles. The average Bonchev–Trinajstić information content (AvgIpc) is 2.99.